The zero-order chi connectivity index (χ0) is 15.4. The summed E-state index contributed by atoms with van der Waals surface area (Å²) in [5, 5.41) is 11.7. The summed E-state index contributed by atoms with van der Waals surface area (Å²) in [4.78, 5) is 2.13. The molecule has 1 saturated heterocycles. The number of rotatable bonds is 1. The fraction of sp³-hybridized carbons (Fsp3) is 0.647. The van der Waals surface area contributed by atoms with E-state index in [9.17, 15) is 9.50 Å². The number of fused-ring (bicyclic) bond motifs is 1. The van der Waals surface area contributed by atoms with E-state index in [1.807, 2.05) is 19.9 Å². The van der Waals surface area contributed by atoms with Gasteiger partial charge in [0.15, 0.2) is 0 Å². The van der Waals surface area contributed by atoms with Crippen molar-refractivity contribution in [2.24, 2.45) is 11.3 Å². The molecule has 1 aliphatic carbocycles. The average molecular weight is 356 g/mol. The minimum Gasteiger partial charge on any atom is -0.384 e. The molecule has 1 aliphatic heterocycles. The molecule has 1 N–H and O–H groups in total. The lowest BCUT2D eigenvalue weighted by Gasteiger charge is -2.47. The largest absolute Gasteiger partial charge is 0.384 e. The van der Waals surface area contributed by atoms with Gasteiger partial charge in [-0.15, -0.1) is 0 Å². The lowest BCUT2D eigenvalue weighted by Crippen LogP contribution is -2.49. The van der Waals surface area contributed by atoms with Crippen LogP contribution in [0.2, 0.25) is 0 Å². The molecular weight excluding hydrogens is 333 g/mol. The van der Waals surface area contributed by atoms with E-state index in [4.69, 9.17) is 0 Å². The number of benzene rings is 1. The van der Waals surface area contributed by atoms with Crippen LogP contribution in [0.4, 0.5) is 4.39 Å². The number of alkyl halides is 1. The summed E-state index contributed by atoms with van der Waals surface area (Å²) in [6, 6.07) is 5.11. The first-order chi connectivity index (χ1) is 9.80. The fourth-order valence-corrected chi connectivity index (χ4v) is 5.01. The molecule has 1 heterocycles. The Morgan fingerprint density at radius 1 is 1.29 bits per heavy atom. The molecule has 21 heavy (non-hydrogen) atoms. The van der Waals surface area contributed by atoms with Gasteiger partial charge in [-0.3, -0.25) is 0 Å². The Labute approximate surface area is 134 Å². The van der Waals surface area contributed by atoms with Gasteiger partial charge in [-0.1, -0.05) is 41.9 Å². The summed E-state index contributed by atoms with van der Waals surface area (Å²) in [5.74, 6) is -0.0434. The molecule has 1 fully saturated rings. The number of likely N-dealkylation sites (tertiary alicyclic amines) is 1. The average Bonchev–Trinajstić information content (AvgIpc) is 2.60. The number of piperidine rings is 1. The molecule has 0 radical (unpaired) electrons. The second-order valence-corrected chi connectivity index (χ2v) is 8.04. The van der Waals surface area contributed by atoms with Gasteiger partial charge in [0.05, 0.1) is 10.4 Å². The topological polar surface area (TPSA) is 23.5 Å². The van der Waals surface area contributed by atoms with Crippen LogP contribution in [-0.4, -0.2) is 30.1 Å². The van der Waals surface area contributed by atoms with E-state index in [0.717, 1.165) is 31.5 Å². The molecule has 3 rings (SSSR count). The molecule has 0 bridgehead atoms. The van der Waals surface area contributed by atoms with Crippen LogP contribution in [-0.2, 0) is 5.60 Å². The number of aliphatic hydroxyl groups is 1. The van der Waals surface area contributed by atoms with Crippen molar-refractivity contribution in [3.05, 3.63) is 35.1 Å². The fourth-order valence-electron chi connectivity index (χ4n) is 4.20. The molecule has 4 heteroatoms. The van der Waals surface area contributed by atoms with Gasteiger partial charge in [0.1, 0.15) is 5.82 Å². The van der Waals surface area contributed by atoms with Crippen molar-refractivity contribution in [2.75, 3.05) is 20.1 Å². The third kappa shape index (κ3) is 2.02. The van der Waals surface area contributed by atoms with Gasteiger partial charge in [-0.05, 0) is 50.5 Å². The lowest BCUT2D eigenvalue weighted by atomic mass is 9.65. The van der Waals surface area contributed by atoms with Crippen LogP contribution in [0.3, 0.4) is 0 Å². The van der Waals surface area contributed by atoms with E-state index >= 15 is 0 Å². The molecule has 1 aromatic rings. The SMILES string of the molecule is CN1CCC(C2(O)c3cccc(F)c3C(Br)C2(C)C)CC1. The molecule has 2 aliphatic rings. The van der Waals surface area contributed by atoms with Gasteiger partial charge in [-0.2, -0.15) is 0 Å². The highest BCUT2D eigenvalue weighted by Gasteiger charge is 2.60. The molecule has 116 valence electrons. The molecular formula is C17H23BrFNO. The second-order valence-electron chi connectivity index (χ2n) is 7.13. The summed E-state index contributed by atoms with van der Waals surface area (Å²) in [6.45, 7) is 6.07. The lowest BCUT2D eigenvalue weighted by molar-refractivity contribution is -0.121. The summed E-state index contributed by atoms with van der Waals surface area (Å²) in [6.07, 6.45) is 1.90. The Kier molecular flexibility index (Phi) is 3.70. The van der Waals surface area contributed by atoms with Gasteiger partial charge in [0, 0.05) is 11.0 Å². The van der Waals surface area contributed by atoms with E-state index in [1.165, 1.54) is 6.07 Å². The maximum absolute atomic E-state index is 14.3. The van der Waals surface area contributed by atoms with E-state index in [-0.39, 0.29) is 16.6 Å². The highest BCUT2D eigenvalue weighted by Crippen LogP contribution is 2.64. The van der Waals surface area contributed by atoms with Crippen LogP contribution in [0.5, 0.6) is 0 Å². The van der Waals surface area contributed by atoms with Crippen molar-refractivity contribution in [3.63, 3.8) is 0 Å². The molecule has 0 amide bonds. The Bertz CT molecular complexity index is 554. The first kappa shape index (κ1) is 15.4. The molecule has 2 nitrogen and oxygen atoms in total. The zero-order valence-electron chi connectivity index (χ0n) is 12.9. The molecule has 0 saturated carbocycles. The van der Waals surface area contributed by atoms with Crippen LogP contribution in [0.15, 0.2) is 18.2 Å². The smallest absolute Gasteiger partial charge is 0.127 e. The minimum absolute atomic E-state index is 0.161. The predicted octanol–water partition coefficient (Wildman–Crippen LogP) is 3.83. The third-order valence-corrected chi connectivity index (χ3v) is 7.24. The van der Waals surface area contributed by atoms with Crippen molar-refractivity contribution >= 4 is 15.9 Å². The van der Waals surface area contributed by atoms with Gasteiger partial charge >= 0.3 is 0 Å². The van der Waals surface area contributed by atoms with Crippen LogP contribution in [0.1, 0.15) is 42.6 Å². The Morgan fingerprint density at radius 3 is 2.52 bits per heavy atom. The Balaban J connectivity index is 2.11. The number of hydrogen-bond acceptors (Lipinski definition) is 2. The molecule has 2 unspecified atom stereocenters. The van der Waals surface area contributed by atoms with Crippen LogP contribution in [0, 0.1) is 17.2 Å². The molecule has 0 spiro atoms. The summed E-state index contributed by atoms with van der Waals surface area (Å²) >= 11 is 3.65. The standard InChI is InChI=1S/C17H23BrFNO/c1-16(2)15(18)14-12(5-4-6-13(14)19)17(16,21)11-7-9-20(3)10-8-11/h4-6,11,15,21H,7-10H2,1-3H3. The van der Waals surface area contributed by atoms with E-state index < -0.39 is 11.0 Å². The van der Waals surface area contributed by atoms with Crippen LogP contribution in [0.25, 0.3) is 0 Å². The van der Waals surface area contributed by atoms with E-state index in [1.54, 1.807) is 6.07 Å². The van der Waals surface area contributed by atoms with E-state index in [0.29, 0.717) is 5.56 Å². The van der Waals surface area contributed by atoms with Crippen molar-refractivity contribution in [3.8, 4) is 0 Å². The first-order valence-corrected chi connectivity index (χ1v) is 8.55. The normalized spacial score (nSPS) is 33.1. The minimum atomic E-state index is -0.972. The monoisotopic (exact) mass is 355 g/mol. The van der Waals surface area contributed by atoms with Gasteiger partial charge in [0.25, 0.3) is 0 Å². The van der Waals surface area contributed by atoms with Crippen LogP contribution >= 0.6 is 15.9 Å². The van der Waals surface area contributed by atoms with Gasteiger partial charge < -0.3 is 10.0 Å². The van der Waals surface area contributed by atoms with E-state index in [2.05, 4.69) is 27.9 Å². The zero-order valence-corrected chi connectivity index (χ0v) is 14.5. The number of nitrogens with zero attached hydrogens (tertiary/aromatic N) is 1. The summed E-state index contributed by atoms with van der Waals surface area (Å²) in [7, 11) is 2.11. The summed E-state index contributed by atoms with van der Waals surface area (Å²) in [5.41, 5.74) is 0.0191. The maximum atomic E-state index is 14.3. The number of hydrogen-bond donors (Lipinski definition) is 1. The van der Waals surface area contributed by atoms with Gasteiger partial charge in [0.2, 0.25) is 0 Å². The summed E-state index contributed by atoms with van der Waals surface area (Å²) < 4.78 is 14.3. The first-order valence-electron chi connectivity index (χ1n) is 7.64. The highest BCUT2D eigenvalue weighted by molar-refractivity contribution is 9.09. The highest BCUT2D eigenvalue weighted by atomic mass is 79.9. The Hall–Kier alpha value is -0.450. The maximum Gasteiger partial charge on any atom is 0.127 e. The van der Waals surface area contributed by atoms with Crippen molar-refractivity contribution < 1.29 is 9.50 Å². The third-order valence-electron chi connectivity index (χ3n) is 5.64. The van der Waals surface area contributed by atoms with Crippen molar-refractivity contribution in [1.82, 2.24) is 4.90 Å². The second kappa shape index (κ2) is 5.04. The number of halogens is 2. The predicted molar refractivity (Wildman–Crippen MR) is 86.0 cm³/mol. The molecule has 2 atom stereocenters. The molecule has 1 aromatic carbocycles. The Morgan fingerprint density at radius 2 is 1.90 bits per heavy atom. The quantitative estimate of drug-likeness (QED) is 0.773. The van der Waals surface area contributed by atoms with Crippen molar-refractivity contribution in [1.29, 1.82) is 0 Å². The van der Waals surface area contributed by atoms with Gasteiger partial charge in [-0.25, -0.2) is 4.39 Å². The van der Waals surface area contributed by atoms with Crippen molar-refractivity contribution in [2.45, 2.75) is 37.1 Å². The van der Waals surface area contributed by atoms with Crippen LogP contribution < -0.4 is 0 Å². The molecule has 0 aromatic heterocycles.